The van der Waals surface area contributed by atoms with Crippen LogP contribution in [-0.2, 0) is 4.79 Å². The number of fused-ring (bicyclic) bond motifs is 1. The van der Waals surface area contributed by atoms with Gasteiger partial charge in [0.25, 0.3) is 0 Å². The molecule has 0 spiro atoms. The number of rotatable bonds is 3. The molecule has 1 saturated heterocycles. The van der Waals surface area contributed by atoms with Gasteiger partial charge >= 0.3 is 0 Å². The van der Waals surface area contributed by atoms with Gasteiger partial charge in [-0.25, -0.2) is 5.01 Å². The summed E-state index contributed by atoms with van der Waals surface area (Å²) < 4.78 is 5.96. The summed E-state index contributed by atoms with van der Waals surface area (Å²) in [7, 11) is 0. The van der Waals surface area contributed by atoms with Crippen molar-refractivity contribution in [3.05, 3.63) is 42.5 Å². The van der Waals surface area contributed by atoms with E-state index in [1.807, 2.05) is 30.3 Å². The van der Waals surface area contributed by atoms with Crippen molar-refractivity contribution in [1.29, 1.82) is 0 Å². The molecule has 4 heteroatoms. The van der Waals surface area contributed by atoms with E-state index < -0.39 is 0 Å². The van der Waals surface area contributed by atoms with E-state index in [1.54, 1.807) is 11.9 Å². The molecule has 3 rings (SSSR count). The summed E-state index contributed by atoms with van der Waals surface area (Å²) in [6.07, 6.45) is 0.619. The van der Waals surface area contributed by atoms with Crippen LogP contribution < -0.4 is 10.6 Å². The molecule has 2 N–H and O–H groups in total. The second-order valence-corrected chi connectivity index (χ2v) is 5.31. The molecule has 1 fully saturated rings. The number of ether oxygens (including phenoxy) is 1. The second-order valence-electron chi connectivity index (χ2n) is 5.31. The first-order valence-corrected chi connectivity index (χ1v) is 6.81. The average Bonchev–Trinajstić information content (AvgIpc) is 2.79. The van der Waals surface area contributed by atoms with Crippen molar-refractivity contribution >= 4 is 16.6 Å². The molecular weight excluding hydrogens is 252 g/mol. The van der Waals surface area contributed by atoms with E-state index >= 15 is 0 Å². The SMILES string of the molecule is CC(=O)C1CC(Oc2ccc3ccccc3c2)CN1N. The van der Waals surface area contributed by atoms with Crippen molar-refractivity contribution in [3.8, 4) is 5.75 Å². The Morgan fingerprint density at radius 3 is 2.70 bits per heavy atom. The second kappa shape index (κ2) is 5.23. The zero-order valence-electron chi connectivity index (χ0n) is 11.5. The smallest absolute Gasteiger partial charge is 0.148 e. The summed E-state index contributed by atoms with van der Waals surface area (Å²) in [5.74, 6) is 6.77. The number of nitrogens with zero attached hydrogens (tertiary/aromatic N) is 1. The molecule has 1 aliphatic rings. The Kier molecular flexibility index (Phi) is 3.42. The van der Waals surface area contributed by atoms with E-state index in [0.29, 0.717) is 13.0 Å². The van der Waals surface area contributed by atoms with Crippen LogP contribution in [0.1, 0.15) is 13.3 Å². The fraction of sp³-hybridized carbons (Fsp3) is 0.312. The molecule has 2 atom stereocenters. The first kappa shape index (κ1) is 13.1. The van der Waals surface area contributed by atoms with E-state index in [9.17, 15) is 4.79 Å². The van der Waals surface area contributed by atoms with Crippen molar-refractivity contribution in [1.82, 2.24) is 5.01 Å². The summed E-state index contributed by atoms with van der Waals surface area (Å²) in [5.41, 5.74) is 0. The maximum atomic E-state index is 11.5. The Bertz CT molecular complexity index is 641. The lowest BCUT2D eigenvalue weighted by Crippen LogP contribution is -2.40. The molecule has 0 saturated carbocycles. The molecule has 0 radical (unpaired) electrons. The zero-order valence-corrected chi connectivity index (χ0v) is 11.5. The number of hydrazine groups is 1. The summed E-state index contributed by atoms with van der Waals surface area (Å²) in [5, 5.41) is 3.91. The third-order valence-electron chi connectivity index (χ3n) is 3.79. The normalized spacial score (nSPS) is 23.1. The highest BCUT2D eigenvalue weighted by Gasteiger charge is 2.34. The molecule has 2 aromatic carbocycles. The predicted octanol–water partition coefficient (Wildman–Crippen LogP) is 2.12. The molecule has 0 aromatic heterocycles. The maximum Gasteiger partial charge on any atom is 0.148 e. The largest absolute Gasteiger partial charge is 0.489 e. The van der Waals surface area contributed by atoms with E-state index in [1.165, 1.54) is 5.39 Å². The lowest BCUT2D eigenvalue weighted by Gasteiger charge is -2.14. The standard InChI is InChI=1S/C16H18N2O2/c1-11(19)16-9-15(10-18(16)17)20-14-7-6-12-4-2-3-5-13(12)8-14/h2-8,15-16H,9-10,17H2,1H3. The van der Waals surface area contributed by atoms with Crippen molar-refractivity contribution in [2.75, 3.05) is 6.54 Å². The molecule has 20 heavy (non-hydrogen) atoms. The Morgan fingerprint density at radius 2 is 2.00 bits per heavy atom. The third kappa shape index (κ3) is 2.53. The maximum absolute atomic E-state index is 11.5. The highest BCUT2D eigenvalue weighted by molar-refractivity contribution is 5.83. The Balaban J connectivity index is 1.75. The average molecular weight is 270 g/mol. The molecule has 0 aliphatic carbocycles. The van der Waals surface area contributed by atoms with Crippen molar-refractivity contribution < 1.29 is 9.53 Å². The van der Waals surface area contributed by atoms with E-state index in [-0.39, 0.29) is 17.9 Å². The summed E-state index contributed by atoms with van der Waals surface area (Å²) in [6, 6.07) is 14.0. The Hall–Kier alpha value is -1.91. The first-order chi connectivity index (χ1) is 9.63. The van der Waals surface area contributed by atoms with Crippen LogP contribution in [-0.4, -0.2) is 29.5 Å². The number of carbonyl (C=O) groups is 1. The van der Waals surface area contributed by atoms with Gasteiger partial charge in [0, 0.05) is 6.42 Å². The summed E-state index contributed by atoms with van der Waals surface area (Å²) in [6.45, 7) is 2.15. The van der Waals surface area contributed by atoms with Gasteiger partial charge < -0.3 is 4.74 Å². The number of Topliss-reactive ketones (excluding diaryl/α,β-unsaturated/α-hetero) is 1. The fourth-order valence-electron chi connectivity index (χ4n) is 2.74. The molecule has 1 aliphatic heterocycles. The van der Waals surface area contributed by atoms with Crippen LogP contribution in [0.15, 0.2) is 42.5 Å². The zero-order chi connectivity index (χ0) is 14.1. The van der Waals surface area contributed by atoms with E-state index in [0.717, 1.165) is 11.1 Å². The topological polar surface area (TPSA) is 55.6 Å². The predicted molar refractivity (Wildman–Crippen MR) is 78.3 cm³/mol. The number of carbonyl (C=O) groups excluding carboxylic acids is 1. The quantitative estimate of drug-likeness (QED) is 0.868. The molecule has 0 bridgehead atoms. The Morgan fingerprint density at radius 1 is 1.25 bits per heavy atom. The number of nitrogens with two attached hydrogens (primary N) is 1. The van der Waals surface area contributed by atoms with Gasteiger partial charge in [0.1, 0.15) is 17.6 Å². The van der Waals surface area contributed by atoms with E-state index in [2.05, 4.69) is 12.1 Å². The highest BCUT2D eigenvalue weighted by Crippen LogP contribution is 2.25. The molecule has 0 amide bonds. The van der Waals surface area contributed by atoms with E-state index in [4.69, 9.17) is 10.6 Å². The lowest BCUT2D eigenvalue weighted by atomic mass is 10.1. The van der Waals surface area contributed by atoms with Gasteiger partial charge in [-0.1, -0.05) is 30.3 Å². The molecule has 2 unspecified atom stereocenters. The van der Waals surface area contributed by atoms with Gasteiger partial charge in [0.05, 0.1) is 12.6 Å². The monoisotopic (exact) mass is 270 g/mol. The fourth-order valence-corrected chi connectivity index (χ4v) is 2.74. The Labute approximate surface area is 118 Å². The van der Waals surface area contributed by atoms with Crippen LogP contribution in [0.3, 0.4) is 0 Å². The summed E-state index contributed by atoms with van der Waals surface area (Å²) >= 11 is 0. The molecule has 2 aromatic rings. The van der Waals surface area contributed by atoms with Crippen molar-refractivity contribution in [3.63, 3.8) is 0 Å². The molecule has 4 nitrogen and oxygen atoms in total. The number of hydrogen-bond acceptors (Lipinski definition) is 4. The first-order valence-electron chi connectivity index (χ1n) is 6.81. The van der Waals surface area contributed by atoms with Crippen LogP contribution in [0.25, 0.3) is 10.8 Å². The van der Waals surface area contributed by atoms with Gasteiger partial charge in [-0.05, 0) is 29.8 Å². The molecule has 104 valence electrons. The number of hydrogen-bond donors (Lipinski definition) is 1. The van der Waals surface area contributed by atoms with Gasteiger partial charge in [-0.2, -0.15) is 0 Å². The lowest BCUT2D eigenvalue weighted by molar-refractivity contribution is -0.121. The van der Waals surface area contributed by atoms with Crippen molar-refractivity contribution in [2.24, 2.45) is 5.84 Å². The van der Waals surface area contributed by atoms with Gasteiger partial charge in [0.2, 0.25) is 0 Å². The highest BCUT2D eigenvalue weighted by atomic mass is 16.5. The van der Waals surface area contributed by atoms with Crippen LogP contribution in [0.5, 0.6) is 5.75 Å². The minimum absolute atomic E-state index is 0.0323. The van der Waals surface area contributed by atoms with Crippen LogP contribution in [0.4, 0.5) is 0 Å². The third-order valence-corrected chi connectivity index (χ3v) is 3.79. The molecular formula is C16H18N2O2. The van der Waals surface area contributed by atoms with Crippen molar-refractivity contribution in [2.45, 2.75) is 25.5 Å². The number of benzene rings is 2. The van der Waals surface area contributed by atoms with Crippen LogP contribution in [0.2, 0.25) is 0 Å². The van der Waals surface area contributed by atoms with Crippen LogP contribution in [0, 0.1) is 0 Å². The minimum Gasteiger partial charge on any atom is -0.489 e. The number of ketones is 1. The minimum atomic E-state index is -0.222. The van der Waals surface area contributed by atoms with Gasteiger partial charge in [-0.15, -0.1) is 0 Å². The van der Waals surface area contributed by atoms with Gasteiger partial charge in [0.15, 0.2) is 0 Å². The van der Waals surface area contributed by atoms with Crippen LogP contribution >= 0.6 is 0 Å². The summed E-state index contributed by atoms with van der Waals surface area (Å²) in [4.78, 5) is 11.5. The molecule has 1 heterocycles. The van der Waals surface area contributed by atoms with Gasteiger partial charge in [-0.3, -0.25) is 10.6 Å².